The van der Waals surface area contributed by atoms with E-state index < -0.39 is 0 Å². The van der Waals surface area contributed by atoms with Crippen LogP contribution in [0.3, 0.4) is 0 Å². The zero-order chi connectivity index (χ0) is 14.1. The normalized spacial score (nSPS) is 22.2. The van der Waals surface area contributed by atoms with Gasteiger partial charge in [0.2, 0.25) is 0 Å². The minimum absolute atomic E-state index is 0.165. The number of likely N-dealkylation sites (tertiary alicyclic amines) is 1. The number of rotatable bonds is 8. The van der Waals surface area contributed by atoms with Gasteiger partial charge in [-0.15, -0.1) is 0 Å². The number of carbonyl (C=O) groups excluding carboxylic acids is 1. The first-order chi connectivity index (χ1) is 9.21. The summed E-state index contributed by atoms with van der Waals surface area (Å²) in [6.45, 7) is 6.54. The maximum atomic E-state index is 11.8. The van der Waals surface area contributed by atoms with E-state index in [4.69, 9.17) is 9.47 Å². The second-order valence-corrected chi connectivity index (χ2v) is 5.25. The van der Waals surface area contributed by atoms with Crippen LogP contribution < -0.4 is 5.32 Å². The minimum atomic E-state index is -0.216. The highest BCUT2D eigenvalue weighted by Gasteiger charge is 2.25. The Bertz CT molecular complexity index is 259. The molecular weight excluding hydrogens is 244 g/mol. The number of esters is 1. The van der Waals surface area contributed by atoms with Crippen molar-refractivity contribution in [1.82, 2.24) is 10.2 Å². The van der Waals surface area contributed by atoms with Crippen LogP contribution in [0.5, 0.6) is 0 Å². The number of carbonyl (C=O) groups is 1. The summed E-state index contributed by atoms with van der Waals surface area (Å²) in [5.74, 6) is 0.422. The van der Waals surface area contributed by atoms with Crippen molar-refractivity contribution in [3.8, 4) is 0 Å². The van der Waals surface area contributed by atoms with E-state index in [2.05, 4.69) is 17.1 Å². The SMILES string of the molecule is CCCNC(CN1CCCC(COC)C1)C(=O)OC. The molecule has 1 heterocycles. The molecule has 0 bridgehead atoms. The third kappa shape index (κ3) is 5.89. The molecule has 19 heavy (non-hydrogen) atoms. The van der Waals surface area contributed by atoms with E-state index in [1.165, 1.54) is 20.0 Å². The van der Waals surface area contributed by atoms with Gasteiger partial charge in [-0.25, -0.2) is 0 Å². The van der Waals surface area contributed by atoms with E-state index in [1.54, 1.807) is 7.11 Å². The minimum Gasteiger partial charge on any atom is -0.468 e. The van der Waals surface area contributed by atoms with E-state index >= 15 is 0 Å². The fourth-order valence-corrected chi connectivity index (χ4v) is 2.63. The van der Waals surface area contributed by atoms with Crippen molar-refractivity contribution in [2.45, 2.75) is 32.2 Å². The third-order valence-corrected chi connectivity index (χ3v) is 3.57. The average molecular weight is 272 g/mol. The smallest absolute Gasteiger partial charge is 0.324 e. The monoisotopic (exact) mass is 272 g/mol. The number of nitrogens with zero attached hydrogens (tertiary/aromatic N) is 1. The number of methoxy groups -OCH3 is 2. The fourth-order valence-electron chi connectivity index (χ4n) is 2.63. The molecule has 1 fully saturated rings. The van der Waals surface area contributed by atoms with Crippen LogP contribution in [0.25, 0.3) is 0 Å². The molecule has 0 spiro atoms. The molecule has 1 N–H and O–H groups in total. The Morgan fingerprint density at radius 1 is 1.47 bits per heavy atom. The van der Waals surface area contributed by atoms with Crippen molar-refractivity contribution < 1.29 is 14.3 Å². The van der Waals surface area contributed by atoms with Crippen molar-refractivity contribution in [2.75, 3.05) is 47.0 Å². The summed E-state index contributed by atoms with van der Waals surface area (Å²) in [5, 5.41) is 3.27. The number of nitrogens with one attached hydrogen (secondary N) is 1. The molecule has 0 amide bonds. The Labute approximate surface area is 116 Å². The molecule has 2 unspecified atom stereocenters. The summed E-state index contributed by atoms with van der Waals surface area (Å²) >= 11 is 0. The highest BCUT2D eigenvalue weighted by molar-refractivity contribution is 5.75. The van der Waals surface area contributed by atoms with E-state index in [9.17, 15) is 4.79 Å². The Kier molecular flexibility index (Phi) is 8.02. The van der Waals surface area contributed by atoms with Gasteiger partial charge >= 0.3 is 5.97 Å². The second kappa shape index (κ2) is 9.28. The molecule has 1 saturated heterocycles. The maximum absolute atomic E-state index is 11.8. The molecule has 0 aromatic rings. The van der Waals surface area contributed by atoms with Crippen molar-refractivity contribution in [3.63, 3.8) is 0 Å². The molecule has 0 radical (unpaired) electrons. The van der Waals surface area contributed by atoms with Crippen molar-refractivity contribution in [3.05, 3.63) is 0 Å². The Morgan fingerprint density at radius 3 is 2.89 bits per heavy atom. The molecule has 0 aliphatic carbocycles. The predicted molar refractivity (Wildman–Crippen MR) is 75.1 cm³/mol. The van der Waals surface area contributed by atoms with Crippen molar-refractivity contribution in [2.24, 2.45) is 5.92 Å². The lowest BCUT2D eigenvalue weighted by Crippen LogP contribution is -2.49. The van der Waals surface area contributed by atoms with Crippen LogP contribution in [0.2, 0.25) is 0 Å². The molecule has 5 nitrogen and oxygen atoms in total. The van der Waals surface area contributed by atoms with Gasteiger partial charge in [0.15, 0.2) is 0 Å². The number of ether oxygens (including phenoxy) is 2. The van der Waals surface area contributed by atoms with Crippen LogP contribution in [-0.2, 0) is 14.3 Å². The Morgan fingerprint density at radius 2 is 2.26 bits per heavy atom. The zero-order valence-corrected chi connectivity index (χ0v) is 12.5. The lowest BCUT2D eigenvalue weighted by molar-refractivity contribution is -0.143. The van der Waals surface area contributed by atoms with Crippen LogP contribution in [0, 0.1) is 5.92 Å². The van der Waals surface area contributed by atoms with Crippen LogP contribution in [-0.4, -0.2) is 63.9 Å². The molecule has 1 rings (SSSR count). The van der Waals surface area contributed by atoms with E-state index in [0.717, 1.165) is 39.2 Å². The van der Waals surface area contributed by atoms with Crippen LogP contribution in [0.4, 0.5) is 0 Å². The van der Waals surface area contributed by atoms with Gasteiger partial charge < -0.3 is 19.7 Å². The van der Waals surface area contributed by atoms with Gasteiger partial charge in [0.05, 0.1) is 13.7 Å². The molecular formula is C14H28N2O3. The van der Waals surface area contributed by atoms with Crippen LogP contribution in [0.15, 0.2) is 0 Å². The first kappa shape index (κ1) is 16.4. The first-order valence-corrected chi connectivity index (χ1v) is 7.23. The zero-order valence-electron chi connectivity index (χ0n) is 12.5. The van der Waals surface area contributed by atoms with Gasteiger partial charge in [0.25, 0.3) is 0 Å². The number of piperidine rings is 1. The maximum Gasteiger partial charge on any atom is 0.324 e. The summed E-state index contributed by atoms with van der Waals surface area (Å²) in [6, 6.07) is -0.216. The summed E-state index contributed by atoms with van der Waals surface area (Å²) in [4.78, 5) is 14.1. The van der Waals surface area contributed by atoms with Gasteiger partial charge in [0.1, 0.15) is 6.04 Å². The van der Waals surface area contributed by atoms with Gasteiger partial charge in [-0.05, 0) is 38.3 Å². The largest absolute Gasteiger partial charge is 0.468 e. The average Bonchev–Trinajstić information content (AvgIpc) is 2.43. The summed E-state index contributed by atoms with van der Waals surface area (Å²) in [5.41, 5.74) is 0. The molecule has 0 saturated carbocycles. The first-order valence-electron chi connectivity index (χ1n) is 7.23. The predicted octanol–water partition coefficient (Wildman–Crippen LogP) is 0.886. The second-order valence-electron chi connectivity index (χ2n) is 5.25. The molecule has 1 aliphatic rings. The molecule has 0 aromatic carbocycles. The lowest BCUT2D eigenvalue weighted by Gasteiger charge is -2.34. The topological polar surface area (TPSA) is 50.8 Å². The van der Waals surface area contributed by atoms with Crippen LogP contribution >= 0.6 is 0 Å². The quantitative estimate of drug-likeness (QED) is 0.665. The molecule has 1 aliphatic heterocycles. The Hall–Kier alpha value is -0.650. The molecule has 2 atom stereocenters. The van der Waals surface area contributed by atoms with Crippen LogP contribution in [0.1, 0.15) is 26.2 Å². The van der Waals surface area contributed by atoms with Gasteiger partial charge in [-0.2, -0.15) is 0 Å². The molecule has 112 valence electrons. The number of hydrogen-bond donors (Lipinski definition) is 1. The summed E-state index contributed by atoms with van der Waals surface area (Å²) in [7, 11) is 3.20. The highest BCUT2D eigenvalue weighted by Crippen LogP contribution is 2.16. The summed E-state index contributed by atoms with van der Waals surface area (Å²) in [6.07, 6.45) is 3.41. The van der Waals surface area contributed by atoms with E-state index in [0.29, 0.717) is 5.92 Å². The molecule has 5 heteroatoms. The Balaban J connectivity index is 2.45. The van der Waals surface area contributed by atoms with Gasteiger partial charge in [0, 0.05) is 20.2 Å². The van der Waals surface area contributed by atoms with Gasteiger partial charge in [-0.1, -0.05) is 6.92 Å². The van der Waals surface area contributed by atoms with Gasteiger partial charge in [-0.3, -0.25) is 4.79 Å². The van der Waals surface area contributed by atoms with E-state index in [-0.39, 0.29) is 12.0 Å². The summed E-state index contributed by atoms with van der Waals surface area (Å²) < 4.78 is 10.1. The third-order valence-electron chi connectivity index (χ3n) is 3.57. The molecule has 0 aromatic heterocycles. The number of hydrogen-bond acceptors (Lipinski definition) is 5. The standard InChI is InChI=1S/C14H28N2O3/c1-4-7-15-13(14(17)19-3)10-16-8-5-6-12(9-16)11-18-2/h12-13,15H,4-11H2,1-3H3. The lowest BCUT2D eigenvalue weighted by atomic mass is 9.98. The van der Waals surface area contributed by atoms with Crippen molar-refractivity contribution >= 4 is 5.97 Å². The van der Waals surface area contributed by atoms with E-state index in [1.807, 2.05) is 0 Å². The van der Waals surface area contributed by atoms with Crippen molar-refractivity contribution in [1.29, 1.82) is 0 Å². The highest BCUT2D eigenvalue weighted by atomic mass is 16.5. The fraction of sp³-hybridized carbons (Fsp3) is 0.929.